The number of aromatic hydroxyl groups is 1. The van der Waals surface area contributed by atoms with Gasteiger partial charge < -0.3 is 10.2 Å². The van der Waals surface area contributed by atoms with Crippen molar-refractivity contribution in [3.05, 3.63) is 36.0 Å². The van der Waals surface area contributed by atoms with Crippen LogP contribution in [0.4, 0.5) is 0 Å². The lowest BCUT2D eigenvalue weighted by molar-refractivity contribution is 0.283. The van der Waals surface area contributed by atoms with Gasteiger partial charge in [0.1, 0.15) is 5.75 Å². The van der Waals surface area contributed by atoms with E-state index < -0.39 is 0 Å². The second-order valence-electron chi connectivity index (χ2n) is 2.83. The summed E-state index contributed by atoms with van der Waals surface area (Å²) in [5.74, 6) is 0.190. The minimum absolute atomic E-state index is 0.0392. The summed E-state index contributed by atoms with van der Waals surface area (Å²) in [6.45, 7) is -0.0392. The standard InChI is InChI=1S/C10H9NO2/c12-6-7-3-4-11-10-2-1-8(13)5-9(7)10/h1-5,12-13H,6H2. The smallest absolute Gasteiger partial charge is 0.116 e. The fourth-order valence-corrected chi connectivity index (χ4v) is 1.33. The van der Waals surface area contributed by atoms with Crippen molar-refractivity contribution in [3.8, 4) is 5.75 Å². The Kier molecular flexibility index (Phi) is 1.87. The van der Waals surface area contributed by atoms with Crippen LogP contribution in [0.2, 0.25) is 0 Å². The monoisotopic (exact) mass is 175 g/mol. The van der Waals surface area contributed by atoms with E-state index in [4.69, 9.17) is 5.11 Å². The lowest BCUT2D eigenvalue weighted by atomic mass is 10.1. The molecule has 2 N–H and O–H groups in total. The van der Waals surface area contributed by atoms with Crippen LogP contribution in [-0.4, -0.2) is 15.2 Å². The van der Waals surface area contributed by atoms with Crippen molar-refractivity contribution in [3.63, 3.8) is 0 Å². The predicted octanol–water partition coefficient (Wildman–Crippen LogP) is 1.43. The summed E-state index contributed by atoms with van der Waals surface area (Å²) in [6, 6.07) is 6.65. The first-order valence-corrected chi connectivity index (χ1v) is 3.99. The van der Waals surface area contributed by atoms with Gasteiger partial charge in [-0.05, 0) is 29.8 Å². The number of hydrogen-bond acceptors (Lipinski definition) is 3. The molecule has 0 amide bonds. The van der Waals surface area contributed by atoms with Crippen molar-refractivity contribution >= 4 is 10.9 Å². The number of phenolic OH excluding ortho intramolecular Hbond substituents is 1. The molecule has 1 heterocycles. The normalized spacial score (nSPS) is 10.5. The first-order chi connectivity index (χ1) is 6.31. The van der Waals surface area contributed by atoms with Crippen molar-refractivity contribution in [2.24, 2.45) is 0 Å². The number of aliphatic hydroxyl groups excluding tert-OH is 1. The molecular formula is C10H9NO2. The van der Waals surface area contributed by atoms with Gasteiger partial charge in [0, 0.05) is 11.6 Å². The summed E-state index contributed by atoms with van der Waals surface area (Å²) in [7, 11) is 0. The van der Waals surface area contributed by atoms with E-state index in [1.54, 1.807) is 30.5 Å². The van der Waals surface area contributed by atoms with E-state index in [-0.39, 0.29) is 12.4 Å². The van der Waals surface area contributed by atoms with E-state index in [1.165, 1.54) is 0 Å². The molecule has 3 heteroatoms. The maximum absolute atomic E-state index is 9.24. The van der Waals surface area contributed by atoms with Crippen molar-refractivity contribution < 1.29 is 10.2 Å². The van der Waals surface area contributed by atoms with Crippen molar-refractivity contribution in [2.45, 2.75) is 6.61 Å². The van der Waals surface area contributed by atoms with Gasteiger partial charge in [0.05, 0.1) is 12.1 Å². The zero-order valence-electron chi connectivity index (χ0n) is 6.94. The molecule has 0 fully saturated rings. The molecule has 0 aliphatic heterocycles. The number of aromatic nitrogens is 1. The number of pyridine rings is 1. The molecule has 0 saturated carbocycles. The number of phenols is 1. The third kappa shape index (κ3) is 1.34. The van der Waals surface area contributed by atoms with Gasteiger partial charge in [-0.25, -0.2) is 0 Å². The van der Waals surface area contributed by atoms with Gasteiger partial charge >= 0.3 is 0 Å². The number of aliphatic hydroxyl groups is 1. The van der Waals surface area contributed by atoms with Crippen LogP contribution in [0.1, 0.15) is 5.56 Å². The summed E-state index contributed by atoms with van der Waals surface area (Å²) < 4.78 is 0. The second kappa shape index (κ2) is 3.03. The van der Waals surface area contributed by atoms with Gasteiger partial charge in [-0.1, -0.05) is 0 Å². The number of fused-ring (bicyclic) bond motifs is 1. The minimum atomic E-state index is -0.0392. The van der Waals surface area contributed by atoms with E-state index in [0.29, 0.717) is 0 Å². The summed E-state index contributed by atoms with van der Waals surface area (Å²) in [6.07, 6.45) is 1.64. The van der Waals surface area contributed by atoms with E-state index in [2.05, 4.69) is 4.98 Å². The summed E-state index contributed by atoms with van der Waals surface area (Å²) in [5, 5.41) is 19.1. The second-order valence-corrected chi connectivity index (χ2v) is 2.83. The number of hydrogen-bond donors (Lipinski definition) is 2. The predicted molar refractivity (Wildman–Crippen MR) is 49.3 cm³/mol. The van der Waals surface area contributed by atoms with E-state index >= 15 is 0 Å². The Labute approximate surface area is 75.3 Å². The molecule has 1 aromatic heterocycles. The van der Waals surface area contributed by atoms with Crippen molar-refractivity contribution in [1.82, 2.24) is 4.98 Å². The topological polar surface area (TPSA) is 53.4 Å². The van der Waals surface area contributed by atoms with Crippen LogP contribution in [0.3, 0.4) is 0 Å². The molecule has 0 atom stereocenters. The van der Waals surface area contributed by atoms with Crippen LogP contribution in [0.15, 0.2) is 30.5 Å². The highest BCUT2D eigenvalue weighted by Gasteiger charge is 2.00. The fourth-order valence-electron chi connectivity index (χ4n) is 1.33. The van der Waals surface area contributed by atoms with Gasteiger partial charge in [-0.2, -0.15) is 0 Å². The molecule has 66 valence electrons. The maximum atomic E-state index is 9.24. The molecule has 13 heavy (non-hydrogen) atoms. The summed E-state index contributed by atoms with van der Waals surface area (Å²) in [4.78, 5) is 4.11. The first kappa shape index (κ1) is 8.01. The van der Waals surface area contributed by atoms with Crippen molar-refractivity contribution in [1.29, 1.82) is 0 Å². The Morgan fingerprint density at radius 1 is 1.23 bits per heavy atom. The molecule has 0 radical (unpaired) electrons. The highest BCUT2D eigenvalue weighted by atomic mass is 16.3. The molecule has 0 aliphatic carbocycles. The molecule has 1 aromatic carbocycles. The van der Waals surface area contributed by atoms with E-state index in [0.717, 1.165) is 16.5 Å². The number of benzene rings is 1. The third-order valence-corrected chi connectivity index (χ3v) is 1.99. The van der Waals surface area contributed by atoms with E-state index in [1.807, 2.05) is 0 Å². The summed E-state index contributed by atoms with van der Waals surface area (Å²) >= 11 is 0. The molecular weight excluding hydrogens is 166 g/mol. The van der Waals surface area contributed by atoms with Gasteiger partial charge in [-0.15, -0.1) is 0 Å². The first-order valence-electron chi connectivity index (χ1n) is 3.99. The van der Waals surface area contributed by atoms with Gasteiger partial charge in [0.25, 0.3) is 0 Å². The average Bonchev–Trinajstić information content (AvgIpc) is 2.17. The minimum Gasteiger partial charge on any atom is -0.508 e. The zero-order valence-corrected chi connectivity index (χ0v) is 6.94. The van der Waals surface area contributed by atoms with Crippen LogP contribution in [0, 0.1) is 0 Å². The molecule has 2 aromatic rings. The molecule has 0 unspecified atom stereocenters. The number of nitrogens with zero attached hydrogens (tertiary/aromatic N) is 1. The van der Waals surface area contributed by atoms with Crippen LogP contribution in [-0.2, 0) is 6.61 Å². The zero-order chi connectivity index (χ0) is 9.26. The molecule has 0 spiro atoms. The van der Waals surface area contributed by atoms with Crippen molar-refractivity contribution in [2.75, 3.05) is 0 Å². The van der Waals surface area contributed by atoms with Gasteiger partial charge in [-0.3, -0.25) is 4.98 Å². The molecule has 2 rings (SSSR count). The molecule has 0 bridgehead atoms. The molecule has 3 nitrogen and oxygen atoms in total. The van der Waals surface area contributed by atoms with Crippen LogP contribution < -0.4 is 0 Å². The third-order valence-electron chi connectivity index (χ3n) is 1.99. The Balaban J connectivity index is 2.79. The lowest BCUT2D eigenvalue weighted by Crippen LogP contribution is -1.87. The molecule has 0 aliphatic rings. The number of rotatable bonds is 1. The average molecular weight is 175 g/mol. The van der Waals surface area contributed by atoms with Crippen LogP contribution in [0.25, 0.3) is 10.9 Å². The quantitative estimate of drug-likeness (QED) is 0.689. The van der Waals surface area contributed by atoms with Crippen LogP contribution in [0.5, 0.6) is 5.75 Å². The highest BCUT2D eigenvalue weighted by molar-refractivity contribution is 5.83. The van der Waals surface area contributed by atoms with Crippen LogP contribution >= 0.6 is 0 Å². The maximum Gasteiger partial charge on any atom is 0.116 e. The molecule has 0 saturated heterocycles. The Morgan fingerprint density at radius 2 is 2.08 bits per heavy atom. The Hall–Kier alpha value is -1.61. The Bertz CT molecular complexity index is 440. The summed E-state index contributed by atoms with van der Waals surface area (Å²) in [5.41, 5.74) is 1.56. The van der Waals surface area contributed by atoms with Gasteiger partial charge in [0.15, 0.2) is 0 Å². The largest absolute Gasteiger partial charge is 0.508 e. The highest BCUT2D eigenvalue weighted by Crippen LogP contribution is 2.21. The van der Waals surface area contributed by atoms with E-state index in [9.17, 15) is 5.11 Å². The SMILES string of the molecule is OCc1ccnc2ccc(O)cc12. The Morgan fingerprint density at radius 3 is 2.85 bits per heavy atom. The fraction of sp³-hybridized carbons (Fsp3) is 0.100. The lowest BCUT2D eigenvalue weighted by Gasteiger charge is -2.02. The van der Waals surface area contributed by atoms with Gasteiger partial charge in [0.2, 0.25) is 0 Å².